The summed E-state index contributed by atoms with van der Waals surface area (Å²) in [7, 11) is 0. The van der Waals surface area contributed by atoms with Gasteiger partial charge in [-0.25, -0.2) is 4.98 Å². The smallest absolute Gasteiger partial charge is 0.252 e. The third-order valence-corrected chi connectivity index (χ3v) is 3.88. The first-order valence-electron chi connectivity index (χ1n) is 7.01. The van der Waals surface area contributed by atoms with Gasteiger partial charge in [0, 0.05) is 18.0 Å². The lowest BCUT2D eigenvalue weighted by Gasteiger charge is -2.18. The number of rotatable bonds is 5. The molecule has 4 heteroatoms. The van der Waals surface area contributed by atoms with Crippen LogP contribution in [0.3, 0.4) is 0 Å². The van der Waals surface area contributed by atoms with Gasteiger partial charge in [0.1, 0.15) is 11.6 Å². The molecule has 0 unspecified atom stereocenters. The van der Waals surface area contributed by atoms with E-state index < -0.39 is 0 Å². The Bertz CT molecular complexity index is 474. The molecule has 0 spiro atoms. The Morgan fingerprint density at radius 1 is 1.28 bits per heavy atom. The van der Waals surface area contributed by atoms with Crippen LogP contribution in [-0.2, 0) is 0 Å². The Morgan fingerprint density at radius 3 is 2.39 bits per heavy atom. The van der Waals surface area contributed by atoms with Crippen LogP contribution in [0.4, 0.5) is 5.82 Å². The summed E-state index contributed by atoms with van der Waals surface area (Å²) in [4.78, 5) is 19.0. The van der Waals surface area contributed by atoms with Crippen molar-refractivity contribution < 1.29 is 0 Å². The molecule has 0 saturated heterocycles. The fraction of sp³-hybridized carbons (Fsp3) is 0.714. The largest absolute Gasteiger partial charge is 0.367 e. The van der Waals surface area contributed by atoms with E-state index in [4.69, 9.17) is 0 Å². The number of aromatic nitrogens is 2. The van der Waals surface area contributed by atoms with E-state index in [1.807, 2.05) is 13.8 Å². The van der Waals surface area contributed by atoms with Crippen molar-refractivity contribution >= 4 is 5.82 Å². The third kappa shape index (κ3) is 2.57. The number of hydrogen-bond acceptors (Lipinski definition) is 3. The predicted molar refractivity (Wildman–Crippen MR) is 71.8 cm³/mol. The number of anilines is 1. The minimum absolute atomic E-state index is 0.0541. The fourth-order valence-electron chi connectivity index (χ4n) is 2.53. The Hall–Kier alpha value is -1.32. The van der Waals surface area contributed by atoms with Gasteiger partial charge in [-0.05, 0) is 37.5 Å². The summed E-state index contributed by atoms with van der Waals surface area (Å²) in [5.41, 5.74) is -0.0541. The highest BCUT2D eigenvalue weighted by atomic mass is 16.1. The minimum Gasteiger partial charge on any atom is -0.367 e. The van der Waals surface area contributed by atoms with Gasteiger partial charge in [0.05, 0.1) is 0 Å². The second-order valence-corrected chi connectivity index (χ2v) is 6.02. The molecule has 0 atom stereocenters. The monoisotopic (exact) mass is 247 g/mol. The summed E-state index contributed by atoms with van der Waals surface area (Å²) in [5, 5.41) is 3.51. The first-order valence-corrected chi connectivity index (χ1v) is 7.01. The molecule has 0 aromatic carbocycles. The maximum Gasteiger partial charge on any atom is 0.252 e. The van der Waals surface area contributed by atoms with E-state index in [0.29, 0.717) is 6.04 Å². The van der Waals surface area contributed by atoms with Crippen molar-refractivity contribution in [2.45, 2.75) is 51.5 Å². The van der Waals surface area contributed by atoms with Gasteiger partial charge in [-0.1, -0.05) is 13.8 Å². The summed E-state index contributed by atoms with van der Waals surface area (Å²) in [6.45, 7) is 4.09. The maximum absolute atomic E-state index is 11.6. The van der Waals surface area contributed by atoms with Crippen LogP contribution in [0.15, 0.2) is 10.9 Å². The summed E-state index contributed by atoms with van der Waals surface area (Å²) < 4.78 is 0. The molecule has 2 N–H and O–H groups in total. The summed E-state index contributed by atoms with van der Waals surface area (Å²) in [5.74, 6) is 3.39. The van der Waals surface area contributed by atoms with E-state index in [0.717, 1.165) is 23.5 Å². The van der Waals surface area contributed by atoms with Crippen molar-refractivity contribution in [2.75, 3.05) is 5.32 Å². The SMILES string of the molecule is CC(C)c1nc(NC(C2CC2)C2CC2)cc(=O)[nH]1. The molecule has 0 bridgehead atoms. The van der Waals surface area contributed by atoms with Crippen molar-refractivity contribution in [2.24, 2.45) is 11.8 Å². The lowest BCUT2D eigenvalue weighted by atomic mass is 10.1. The number of nitrogens with one attached hydrogen (secondary N) is 2. The second kappa shape index (κ2) is 4.41. The Balaban J connectivity index is 1.80. The van der Waals surface area contributed by atoms with Gasteiger partial charge in [0.15, 0.2) is 0 Å². The molecule has 2 fully saturated rings. The number of hydrogen-bond donors (Lipinski definition) is 2. The molecule has 2 aliphatic carbocycles. The van der Waals surface area contributed by atoms with E-state index in [9.17, 15) is 4.79 Å². The van der Waals surface area contributed by atoms with Gasteiger partial charge in [-0.15, -0.1) is 0 Å². The summed E-state index contributed by atoms with van der Waals surface area (Å²) in [6, 6.07) is 2.13. The molecule has 2 aliphatic rings. The van der Waals surface area contributed by atoms with Crippen LogP contribution in [0.1, 0.15) is 51.3 Å². The van der Waals surface area contributed by atoms with E-state index in [2.05, 4.69) is 15.3 Å². The third-order valence-electron chi connectivity index (χ3n) is 3.88. The highest BCUT2D eigenvalue weighted by Crippen LogP contribution is 2.45. The van der Waals surface area contributed by atoms with Crippen molar-refractivity contribution in [3.05, 3.63) is 22.2 Å². The first-order chi connectivity index (χ1) is 8.63. The predicted octanol–water partition coefficient (Wildman–Crippen LogP) is 2.49. The lowest BCUT2D eigenvalue weighted by Crippen LogP contribution is -2.26. The van der Waals surface area contributed by atoms with Crippen LogP contribution in [0.5, 0.6) is 0 Å². The van der Waals surface area contributed by atoms with Crippen LogP contribution in [-0.4, -0.2) is 16.0 Å². The average Bonchev–Trinajstić information content (AvgIpc) is 3.16. The van der Waals surface area contributed by atoms with Gasteiger partial charge in [0.25, 0.3) is 5.56 Å². The molecule has 3 rings (SSSR count). The molecule has 2 saturated carbocycles. The van der Waals surface area contributed by atoms with Crippen LogP contribution >= 0.6 is 0 Å². The van der Waals surface area contributed by atoms with Gasteiger partial charge >= 0.3 is 0 Å². The van der Waals surface area contributed by atoms with Crippen molar-refractivity contribution in [3.63, 3.8) is 0 Å². The molecular formula is C14H21N3O. The van der Waals surface area contributed by atoms with Gasteiger partial charge in [-0.3, -0.25) is 4.79 Å². The zero-order chi connectivity index (χ0) is 12.7. The number of aromatic amines is 1. The number of nitrogens with zero attached hydrogens (tertiary/aromatic N) is 1. The summed E-state index contributed by atoms with van der Waals surface area (Å²) in [6.07, 6.45) is 5.31. The van der Waals surface area contributed by atoms with Crippen molar-refractivity contribution in [3.8, 4) is 0 Å². The van der Waals surface area contributed by atoms with Crippen molar-refractivity contribution in [1.82, 2.24) is 9.97 Å². The molecule has 4 nitrogen and oxygen atoms in total. The molecule has 98 valence electrons. The quantitative estimate of drug-likeness (QED) is 0.840. The summed E-state index contributed by atoms with van der Waals surface area (Å²) >= 11 is 0. The highest BCUT2D eigenvalue weighted by molar-refractivity contribution is 5.36. The molecule has 18 heavy (non-hydrogen) atoms. The zero-order valence-electron chi connectivity index (χ0n) is 11.1. The Kier molecular flexibility index (Phi) is 2.88. The molecule has 1 aromatic heterocycles. The van der Waals surface area contributed by atoms with Crippen LogP contribution in [0, 0.1) is 11.8 Å². The molecule has 0 radical (unpaired) electrons. The minimum atomic E-state index is -0.0541. The standard InChI is InChI=1S/C14H21N3O/c1-8(2)14-16-11(7-12(18)17-14)15-13(9-3-4-9)10-5-6-10/h7-10,13H,3-6H2,1-2H3,(H2,15,16,17,18). The highest BCUT2D eigenvalue weighted by Gasteiger charge is 2.41. The number of H-pyrrole nitrogens is 1. The second-order valence-electron chi connectivity index (χ2n) is 6.02. The maximum atomic E-state index is 11.6. The molecule has 1 heterocycles. The molecular weight excluding hydrogens is 226 g/mol. The lowest BCUT2D eigenvalue weighted by molar-refractivity contribution is 0.564. The van der Waals surface area contributed by atoms with E-state index >= 15 is 0 Å². The normalized spacial score (nSPS) is 19.6. The van der Waals surface area contributed by atoms with E-state index in [1.165, 1.54) is 25.7 Å². The van der Waals surface area contributed by atoms with E-state index in [-0.39, 0.29) is 11.5 Å². The molecule has 1 aromatic rings. The van der Waals surface area contributed by atoms with Crippen molar-refractivity contribution in [1.29, 1.82) is 0 Å². The van der Waals surface area contributed by atoms with Crippen LogP contribution in [0.2, 0.25) is 0 Å². The van der Waals surface area contributed by atoms with Crippen LogP contribution in [0.25, 0.3) is 0 Å². The van der Waals surface area contributed by atoms with Crippen LogP contribution < -0.4 is 10.9 Å². The van der Waals surface area contributed by atoms with Gasteiger partial charge < -0.3 is 10.3 Å². The van der Waals surface area contributed by atoms with Gasteiger partial charge in [0.2, 0.25) is 0 Å². The Morgan fingerprint density at radius 2 is 1.89 bits per heavy atom. The van der Waals surface area contributed by atoms with Gasteiger partial charge in [-0.2, -0.15) is 0 Å². The first kappa shape index (κ1) is 11.8. The molecule has 0 amide bonds. The Labute approximate surface area is 107 Å². The molecule has 0 aliphatic heterocycles. The fourth-order valence-corrected chi connectivity index (χ4v) is 2.53. The average molecular weight is 247 g/mol. The topological polar surface area (TPSA) is 57.8 Å². The van der Waals surface area contributed by atoms with E-state index in [1.54, 1.807) is 6.07 Å². The zero-order valence-corrected chi connectivity index (χ0v) is 11.1.